The molecule has 0 aliphatic heterocycles. The van der Waals surface area contributed by atoms with E-state index in [0.717, 1.165) is 37.5 Å². The van der Waals surface area contributed by atoms with Crippen LogP contribution in [0.5, 0.6) is 5.75 Å². The fourth-order valence-corrected chi connectivity index (χ4v) is 4.76. The number of terminal acetylenes is 1. The van der Waals surface area contributed by atoms with E-state index in [1.54, 1.807) is 6.07 Å². The van der Waals surface area contributed by atoms with Crippen LogP contribution in [0.15, 0.2) is 24.8 Å². The topological polar surface area (TPSA) is 9.23 Å². The summed E-state index contributed by atoms with van der Waals surface area (Å²) < 4.78 is 33.1. The number of allylic oxidation sites excluding steroid dienone is 1. The van der Waals surface area contributed by atoms with E-state index in [9.17, 15) is 8.78 Å². The molecule has 2 aliphatic rings. The van der Waals surface area contributed by atoms with Crippen molar-refractivity contribution in [2.24, 2.45) is 17.8 Å². The fourth-order valence-electron chi connectivity index (χ4n) is 4.76. The van der Waals surface area contributed by atoms with Gasteiger partial charge in [0, 0.05) is 0 Å². The molecule has 0 amide bonds. The van der Waals surface area contributed by atoms with Crippen molar-refractivity contribution in [1.82, 2.24) is 0 Å². The highest BCUT2D eigenvalue weighted by molar-refractivity contribution is 5.34. The Labute approximate surface area is 149 Å². The molecular formula is C22H26F2O. The predicted molar refractivity (Wildman–Crippen MR) is 96.2 cm³/mol. The lowest BCUT2D eigenvalue weighted by atomic mass is 9.68. The van der Waals surface area contributed by atoms with E-state index in [4.69, 9.17) is 6.42 Å². The maximum atomic E-state index is 14.4. The molecule has 2 saturated carbocycles. The summed E-state index contributed by atoms with van der Waals surface area (Å²) in [6, 6.07) is 3.07. The van der Waals surface area contributed by atoms with Gasteiger partial charge in [-0.1, -0.05) is 18.6 Å². The maximum Gasteiger partial charge on any atom is 0.202 e. The van der Waals surface area contributed by atoms with E-state index in [2.05, 4.69) is 17.4 Å². The van der Waals surface area contributed by atoms with E-state index >= 15 is 0 Å². The van der Waals surface area contributed by atoms with Gasteiger partial charge >= 0.3 is 0 Å². The van der Waals surface area contributed by atoms with Crippen LogP contribution in [0.25, 0.3) is 0 Å². The Kier molecular flexibility index (Phi) is 5.78. The zero-order valence-corrected chi connectivity index (χ0v) is 14.6. The summed E-state index contributed by atoms with van der Waals surface area (Å²) in [5.74, 6) is 0.326. The molecule has 1 aromatic rings. The number of benzene rings is 1. The van der Waals surface area contributed by atoms with Crippen molar-refractivity contribution in [3.63, 3.8) is 0 Å². The van der Waals surface area contributed by atoms with E-state index in [0.29, 0.717) is 11.5 Å². The first-order valence-corrected chi connectivity index (χ1v) is 9.37. The minimum absolute atomic E-state index is 0.0927. The molecule has 0 radical (unpaired) electrons. The van der Waals surface area contributed by atoms with Crippen molar-refractivity contribution in [2.45, 2.75) is 57.3 Å². The van der Waals surface area contributed by atoms with E-state index in [1.165, 1.54) is 31.7 Å². The van der Waals surface area contributed by atoms with Gasteiger partial charge in [0.15, 0.2) is 11.6 Å². The van der Waals surface area contributed by atoms with Crippen LogP contribution in [0.3, 0.4) is 0 Å². The Morgan fingerprint density at radius 1 is 0.960 bits per heavy atom. The Morgan fingerprint density at radius 2 is 1.56 bits per heavy atom. The Morgan fingerprint density at radius 3 is 2.12 bits per heavy atom. The second kappa shape index (κ2) is 8.04. The molecule has 134 valence electrons. The molecule has 0 N–H and O–H groups in total. The fraction of sp³-hybridized carbons (Fsp3) is 0.545. The summed E-state index contributed by atoms with van der Waals surface area (Å²) in [6.07, 6.45) is 18.1. The average molecular weight is 344 g/mol. The minimum Gasteiger partial charge on any atom is -0.405 e. The van der Waals surface area contributed by atoms with Gasteiger partial charge in [0.1, 0.15) is 6.11 Å². The smallest absolute Gasteiger partial charge is 0.202 e. The largest absolute Gasteiger partial charge is 0.405 e. The molecule has 0 heterocycles. The summed E-state index contributed by atoms with van der Waals surface area (Å²) in [5, 5.41) is 0. The maximum absolute atomic E-state index is 14.4. The van der Waals surface area contributed by atoms with Gasteiger partial charge in [0.05, 0.1) is 0 Å². The van der Waals surface area contributed by atoms with Gasteiger partial charge in [-0.25, -0.2) is 4.39 Å². The first-order chi connectivity index (χ1) is 12.1. The summed E-state index contributed by atoms with van der Waals surface area (Å²) in [7, 11) is 0. The minimum atomic E-state index is -0.972. The third-order valence-electron chi connectivity index (χ3n) is 6.27. The zero-order valence-electron chi connectivity index (χ0n) is 14.6. The average Bonchev–Trinajstić information content (AvgIpc) is 2.66. The Bertz CT molecular complexity index is 645. The summed E-state index contributed by atoms with van der Waals surface area (Å²) in [6.45, 7) is 3.91. The third-order valence-corrected chi connectivity index (χ3v) is 6.27. The quantitative estimate of drug-likeness (QED) is 0.467. The van der Waals surface area contributed by atoms with Crippen LogP contribution in [-0.2, 0) is 0 Å². The summed E-state index contributed by atoms with van der Waals surface area (Å²) in [5.41, 5.74) is 0.468. The number of ether oxygens (including phenoxy) is 1. The Balaban J connectivity index is 1.60. The number of hydrogen-bond acceptors (Lipinski definition) is 1. The van der Waals surface area contributed by atoms with Crippen LogP contribution in [-0.4, -0.2) is 0 Å². The molecular weight excluding hydrogens is 318 g/mol. The molecule has 3 heteroatoms. The van der Waals surface area contributed by atoms with Gasteiger partial charge in [0.25, 0.3) is 0 Å². The van der Waals surface area contributed by atoms with Gasteiger partial charge in [-0.3, -0.25) is 0 Å². The van der Waals surface area contributed by atoms with E-state index < -0.39 is 11.6 Å². The van der Waals surface area contributed by atoms with Gasteiger partial charge in [0.2, 0.25) is 5.82 Å². The highest BCUT2D eigenvalue weighted by atomic mass is 19.2. The molecule has 0 aromatic heterocycles. The molecule has 1 aromatic carbocycles. The standard InChI is InChI=1S/C22H26F2O/c1-3-15-5-7-16(8-6-15)17-9-11-18(12-10-17)19-13-14-20(25-4-2)22(24)21(19)23/h2-3,13-18H,1,5-12H2. The number of hydrogen-bond donors (Lipinski definition) is 0. The first-order valence-electron chi connectivity index (χ1n) is 9.37. The van der Waals surface area contributed by atoms with Crippen LogP contribution >= 0.6 is 0 Å². The molecule has 0 bridgehead atoms. The van der Waals surface area contributed by atoms with Crippen LogP contribution < -0.4 is 4.74 Å². The number of halogens is 2. The molecule has 0 spiro atoms. The SMILES string of the molecule is C#COc1ccc(C2CCC(C3CCC(C=C)CC3)CC2)c(F)c1F. The van der Waals surface area contributed by atoms with Crippen molar-refractivity contribution in [3.05, 3.63) is 42.0 Å². The van der Waals surface area contributed by atoms with Crippen molar-refractivity contribution in [3.8, 4) is 18.3 Å². The second-order valence-electron chi connectivity index (χ2n) is 7.52. The molecule has 2 aliphatic carbocycles. The van der Waals surface area contributed by atoms with Crippen molar-refractivity contribution >= 4 is 0 Å². The summed E-state index contributed by atoms with van der Waals surface area (Å²) in [4.78, 5) is 0. The van der Waals surface area contributed by atoms with Gasteiger partial charge in [-0.05, 0) is 86.7 Å². The first kappa shape index (κ1) is 18.0. The van der Waals surface area contributed by atoms with Crippen LogP contribution in [0.2, 0.25) is 0 Å². The van der Waals surface area contributed by atoms with Gasteiger partial charge in [-0.2, -0.15) is 4.39 Å². The number of rotatable bonds is 4. The summed E-state index contributed by atoms with van der Waals surface area (Å²) >= 11 is 0. The molecule has 0 saturated heterocycles. The molecule has 25 heavy (non-hydrogen) atoms. The second-order valence-corrected chi connectivity index (χ2v) is 7.52. The molecule has 3 rings (SSSR count). The molecule has 1 nitrogen and oxygen atoms in total. The highest BCUT2D eigenvalue weighted by Gasteiger charge is 2.32. The molecule has 0 atom stereocenters. The van der Waals surface area contributed by atoms with Crippen molar-refractivity contribution < 1.29 is 13.5 Å². The third kappa shape index (κ3) is 3.89. The Hall–Kier alpha value is -1.82. The van der Waals surface area contributed by atoms with E-state index in [-0.39, 0.29) is 11.7 Å². The lowest BCUT2D eigenvalue weighted by Gasteiger charge is -2.37. The van der Waals surface area contributed by atoms with Gasteiger partial charge in [-0.15, -0.1) is 6.58 Å². The van der Waals surface area contributed by atoms with Gasteiger partial charge < -0.3 is 4.74 Å². The monoisotopic (exact) mass is 344 g/mol. The van der Waals surface area contributed by atoms with Crippen LogP contribution in [0.1, 0.15) is 62.8 Å². The lowest BCUT2D eigenvalue weighted by Crippen LogP contribution is -2.25. The van der Waals surface area contributed by atoms with Crippen molar-refractivity contribution in [1.29, 1.82) is 0 Å². The van der Waals surface area contributed by atoms with Crippen molar-refractivity contribution in [2.75, 3.05) is 0 Å². The lowest BCUT2D eigenvalue weighted by molar-refractivity contribution is 0.170. The molecule has 0 unspecified atom stereocenters. The highest BCUT2D eigenvalue weighted by Crippen LogP contribution is 2.44. The molecule has 2 fully saturated rings. The predicted octanol–water partition coefficient (Wildman–Crippen LogP) is 6.20. The van der Waals surface area contributed by atoms with Crippen LogP contribution in [0.4, 0.5) is 8.78 Å². The normalized spacial score (nSPS) is 29.6. The zero-order chi connectivity index (χ0) is 17.8. The van der Waals surface area contributed by atoms with E-state index in [1.807, 2.05) is 6.11 Å². The van der Waals surface area contributed by atoms with Crippen LogP contribution in [0, 0.1) is 41.9 Å².